The van der Waals surface area contributed by atoms with E-state index in [1.54, 1.807) is 0 Å². The molecule has 0 aromatic heterocycles. The molecule has 0 aliphatic rings. The van der Waals surface area contributed by atoms with Gasteiger partial charge in [0.25, 0.3) is 0 Å². The first-order valence-electron chi connectivity index (χ1n) is 7.92. The smallest absolute Gasteiger partial charge is 0.0253 e. The van der Waals surface area contributed by atoms with Crippen molar-refractivity contribution in [2.75, 3.05) is 0 Å². The van der Waals surface area contributed by atoms with Crippen molar-refractivity contribution in [3.8, 4) is 0 Å². The van der Waals surface area contributed by atoms with E-state index in [-0.39, 0.29) is 10.8 Å². The lowest BCUT2D eigenvalue weighted by Crippen LogP contribution is -2.10. The quantitative estimate of drug-likeness (QED) is 0.580. The van der Waals surface area contributed by atoms with Gasteiger partial charge in [-0.15, -0.1) is 0 Å². The molecule has 1 radical (unpaired) electrons. The van der Waals surface area contributed by atoms with E-state index in [1.165, 1.54) is 44.8 Å². The van der Waals surface area contributed by atoms with Gasteiger partial charge in [-0.25, -0.2) is 0 Å². The van der Waals surface area contributed by atoms with Crippen LogP contribution in [-0.2, 0) is 10.8 Å². The van der Waals surface area contributed by atoms with Crippen molar-refractivity contribution in [3.63, 3.8) is 0 Å². The Morgan fingerprint density at radius 2 is 0.870 bits per heavy atom. The topological polar surface area (TPSA) is 14.1 Å². The molecular weight excluding hydrogens is 318 g/mol. The van der Waals surface area contributed by atoms with Crippen molar-refractivity contribution in [1.29, 1.82) is 0 Å². The summed E-state index contributed by atoms with van der Waals surface area (Å²) >= 11 is 3.06. The molecular formula is C20H26NS2. The van der Waals surface area contributed by atoms with Gasteiger partial charge < -0.3 is 0 Å². The standard InChI is InChI=1S/C20H26NS2/c1-19(2,3)15-7-11-17(12-8-15)22-21-23-18-13-9-16(10-14-18)20(4,5)6/h7-14H,1-6H3. The van der Waals surface area contributed by atoms with Crippen molar-refractivity contribution in [2.24, 2.45) is 0 Å². The Hall–Kier alpha value is -0.900. The Labute approximate surface area is 149 Å². The Morgan fingerprint density at radius 3 is 1.13 bits per heavy atom. The summed E-state index contributed by atoms with van der Waals surface area (Å²) in [4.78, 5) is 2.36. The summed E-state index contributed by atoms with van der Waals surface area (Å²) < 4.78 is 4.53. The van der Waals surface area contributed by atoms with Crippen molar-refractivity contribution in [2.45, 2.75) is 62.2 Å². The normalized spacial score (nSPS) is 12.4. The highest BCUT2D eigenvalue weighted by Crippen LogP contribution is 2.29. The van der Waals surface area contributed by atoms with E-state index in [0.29, 0.717) is 0 Å². The van der Waals surface area contributed by atoms with Crippen LogP contribution in [0.25, 0.3) is 0 Å². The molecule has 2 aromatic carbocycles. The second-order valence-corrected chi connectivity index (χ2v) is 9.71. The molecule has 0 amide bonds. The molecule has 0 atom stereocenters. The molecule has 0 heterocycles. The maximum absolute atomic E-state index is 4.53. The lowest BCUT2D eigenvalue weighted by molar-refractivity contribution is 0.589. The molecule has 0 N–H and O–H groups in total. The minimum atomic E-state index is 0.198. The molecule has 3 heteroatoms. The summed E-state index contributed by atoms with van der Waals surface area (Å²) in [6.45, 7) is 13.4. The molecule has 0 aliphatic heterocycles. The molecule has 2 aromatic rings. The van der Waals surface area contributed by atoms with Crippen molar-refractivity contribution < 1.29 is 0 Å². The Morgan fingerprint density at radius 1 is 0.565 bits per heavy atom. The lowest BCUT2D eigenvalue weighted by atomic mass is 9.87. The fourth-order valence-corrected chi connectivity index (χ4v) is 3.49. The monoisotopic (exact) mass is 344 g/mol. The van der Waals surface area contributed by atoms with Gasteiger partial charge >= 0.3 is 0 Å². The fourth-order valence-electron chi connectivity index (χ4n) is 2.14. The predicted molar refractivity (Wildman–Crippen MR) is 104 cm³/mol. The number of hydrogen-bond acceptors (Lipinski definition) is 2. The third kappa shape index (κ3) is 5.59. The van der Waals surface area contributed by atoms with Gasteiger partial charge in [0, 0.05) is 9.79 Å². The van der Waals surface area contributed by atoms with Crippen molar-refractivity contribution >= 4 is 23.9 Å². The van der Waals surface area contributed by atoms with Gasteiger partial charge in [0.15, 0.2) is 0 Å². The van der Waals surface area contributed by atoms with Gasteiger partial charge in [0.2, 0.25) is 0 Å². The Bertz CT molecular complexity index is 559. The largest absolute Gasteiger partial charge is 0.0968 e. The average molecular weight is 345 g/mol. The number of hydrogen-bond donors (Lipinski definition) is 0. The van der Waals surface area contributed by atoms with E-state index in [9.17, 15) is 0 Å². The number of nitrogens with zero attached hydrogens (tertiary/aromatic N) is 1. The summed E-state index contributed by atoms with van der Waals surface area (Å²) in [6.07, 6.45) is 0. The van der Waals surface area contributed by atoms with Crippen LogP contribution in [0.15, 0.2) is 58.3 Å². The minimum Gasteiger partial charge on any atom is -0.0968 e. The van der Waals surface area contributed by atoms with Crippen LogP contribution in [0.4, 0.5) is 0 Å². The number of rotatable bonds is 4. The summed E-state index contributed by atoms with van der Waals surface area (Å²) in [7, 11) is 0. The van der Waals surface area contributed by atoms with E-state index >= 15 is 0 Å². The summed E-state index contributed by atoms with van der Waals surface area (Å²) in [5, 5.41) is 0. The molecule has 23 heavy (non-hydrogen) atoms. The third-order valence-corrected chi connectivity index (χ3v) is 5.29. The highest BCUT2D eigenvalue weighted by Gasteiger charge is 2.14. The summed E-state index contributed by atoms with van der Waals surface area (Å²) in [5.74, 6) is 0. The van der Waals surface area contributed by atoms with E-state index in [2.05, 4.69) is 94.2 Å². The molecule has 1 nitrogen and oxygen atoms in total. The van der Waals surface area contributed by atoms with Gasteiger partial charge in [-0.05, 0) is 70.1 Å². The molecule has 123 valence electrons. The minimum absolute atomic E-state index is 0.198. The highest BCUT2D eigenvalue weighted by atomic mass is 32.2. The second-order valence-electron chi connectivity index (χ2n) is 7.81. The summed E-state index contributed by atoms with van der Waals surface area (Å²) in [5.41, 5.74) is 3.10. The van der Waals surface area contributed by atoms with Crippen LogP contribution >= 0.6 is 23.9 Å². The first kappa shape index (κ1) is 18.4. The van der Waals surface area contributed by atoms with Gasteiger partial charge in [0.1, 0.15) is 0 Å². The fraction of sp³-hybridized carbons (Fsp3) is 0.400. The number of benzene rings is 2. The molecule has 0 aliphatic carbocycles. The lowest BCUT2D eigenvalue weighted by Gasteiger charge is -2.19. The van der Waals surface area contributed by atoms with Gasteiger partial charge in [-0.2, -0.15) is 0 Å². The maximum atomic E-state index is 4.53. The zero-order valence-corrected chi connectivity index (χ0v) is 16.5. The SMILES string of the molecule is CC(C)(C)c1ccc(S[N]Sc2ccc(C(C)(C)C)cc2)cc1. The first-order valence-corrected chi connectivity index (χ1v) is 9.46. The van der Waals surface area contributed by atoms with Crippen LogP contribution in [0, 0.1) is 0 Å². The van der Waals surface area contributed by atoms with Gasteiger partial charge in [-0.3, -0.25) is 0 Å². The molecule has 0 spiro atoms. The third-order valence-electron chi connectivity index (χ3n) is 3.73. The molecule has 0 bridgehead atoms. The molecule has 0 fully saturated rings. The Balaban J connectivity index is 1.87. The first-order chi connectivity index (χ1) is 10.7. The van der Waals surface area contributed by atoms with Crippen LogP contribution < -0.4 is 4.13 Å². The maximum Gasteiger partial charge on any atom is 0.0253 e. The Kier molecular flexibility index (Phi) is 5.88. The van der Waals surface area contributed by atoms with Crippen LogP contribution in [0.5, 0.6) is 0 Å². The van der Waals surface area contributed by atoms with Gasteiger partial charge in [-0.1, -0.05) is 69.9 Å². The van der Waals surface area contributed by atoms with Crippen LogP contribution in [-0.4, -0.2) is 0 Å². The van der Waals surface area contributed by atoms with Crippen LogP contribution in [0.2, 0.25) is 0 Å². The molecule has 2 rings (SSSR count). The molecule has 0 unspecified atom stereocenters. The van der Waals surface area contributed by atoms with E-state index < -0.39 is 0 Å². The zero-order valence-electron chi connectivity index (χ0n) is 14.9. The van der Waals surface area contributed by atoms with Crippen LogP contribution in [0.3, 0.4) is 0 Å². The predicted octanol–water partition coefficient (Wildman–Crippen LogP) is 6.60. The van der Waals surface area contributed by atoms with Crippen LogP contribution in [0.1, 0.15) is 52.7 Å². The average Bonchev–Trinajstić information content (AvgIpc) is 2.46. The van der Waals surface area contributed by atoms with E-state index in [4.69, 9.17) is 0 Å². The van der Waals surface area contributed by atoms with E-state index in [0.717, 1.165) is 0 Å². The molecule has 0 saturated carbocycles. The van der Waals surface area contributed by atoms with Crippen molar-refractivity contribution in [3.05, 3.63) is 59.7 Å². The zero-order chi connectivity index (χ0) is 17.1. The second kappa shape index (κ2) is 7.33. The van der Waals surface area contributed by atoms with Crippen molar-refractivity contribution in [1.82, 2.24) is 4.13 Å². The van der Waals surface area contributed by atoms with Gasteiger partial charge in [0.05, 0.1) is 0 Å². The highest BCUT2D eigenvalue weighted by molar-refractivity contribution is 8.12. The molecule has 0 saturated heterocycles. The summed E-state index contributed by atoms with van der Waals surface area (Å²) in [6, 6.07) is 17.4. The van der Waals surface area contributed by atoms with E-state index in [1.807, 2.05) is 0 Å².